The van der Waals surface area contributed by atoms with E-state index >= 15 is 0 Å². The highest BCUT2D eigenvalue weighted by atomic mass is 32.2. The Morgan fingerprint density at radius 1 is 1.33 bits per heavy atom. The van der Waals surface area contributed by atoms with Gasteiger partial charge in [0, 0.05) is 5.25 Å². The van der Waals surface area contributed by atoms with Crippen LogP contribution in [0.4, 0.5) is 8.78 Å². The van der Waals surface area contributed by atoms with Gasteiger partial charge in [0.25, 0.3) is 0 Å². The van der Waals surface area contributed by atoms with Crippen molar-refractivity contribution in [2.75, 3.05) is 6.54 Å². The summed E-state index contributed by atoms with van der Waals surface area (Å²) in [5, 5.41) is 3.32. The molecule has 0 bridgehead atoms. The van der Waals surface area contributed by atoms with Crippen molar-refractivity contribution in [1.82, 2.24) is 5.32 Å². The number of benzene rings is 1. The third-order valence-corrected chi connectivity index (χ3v) is 3.89. The Hall–Kier alpha value is -0.610. The first kappa shape index (κ1) is 10.9. The number of halogens is 2. The molecule has 1 fully saturated rings. The third kappa shape index (κ3) is 2.32. The average Bonchev–Trinajstić information content (AvgIpc) is 2.17. The minimum atomic E-state index is -0.464. The SMILES string of the molecule is CC1CCNC(c2c(F)cccc2F)S1. The van der Waals surface area contributed by atoms with E-state index in [1.54, 1.807) is 11.8 Å². The first-order valence-electron chi connectivity index (χ1n) is 5.01. The fourth-order valence-corrected chi connectivity index (χ4v) is 2.99. The van der Waals surface area contributed by atoms with Crippen molar-refractivity contribution in [3.05, 3.63) is 35.4 Å². The van der Waals surface area contributed by atoms with Gasteiger partial charge in [0.15, 0.2) is 0 Å². The zero-order valence-electron chi connectivity index (χ0n) is 8.47. The van der Waals surface area contributed by atoms with Crippen molar-refractivity contribution < 1.29 is 8.78 Å². The van der Waals surface area contributed by atoms with Crippen molar-refractivity contribution in [2.24, 2.45) is 0 Å². The lowest BCUT2D eigenvalue weighted by molar-refractivity contribution is 0.518. The third-order valence-electron chi connectivity index (χ3n) is 2.51. The summed E-state index contributed by atoms with van der Waals surface area (Å²) in [4.78, 5) is 0. The molecule has 0 aromatic heterocycles. The first-order chi connectivity index (χ1) is 7.18. The Bertz CT molecular complexity index is 336. The molecule has 15 heavy (non-hydrogen) atoms. The normalized spacial score (nSPS) is 26.6. The highest BCUT2D eigenvalue weighted by molar-refractivity contribution is 8.00. The van der Waals surface area contributed by atoms with Crippen LogP contribution in [0.15, 0.2) is 18.2 Å². The number of rotatable bonds is 1. The van der Waals surface area contributed by atoms with E-state index in [0.29, 0.717) is 5.25 Å². The minimum Gasteiger partial charge on any atom is -0.301 e. The molecule has 0 spiro atoms. The largest absolute Gasteiger partial charge is 0.301 e. The van der Waals surface area contributed by atoms with E-state index < -0.39 is 11.6 Å². The lowest BCUT2D eigenvalue weighted by Crippen LogP contribution is -2.30. The summed E-state index contributed by atoms with van der Waals surface area (Å²) in [6.07, 6.45) is 1.04. The highest BCUT2D eigenvalue weighted by Gasteiger charge is 2.25. The molecule has 1 aromatic rings. The quantitative estimate of drug-likeness (QED) is 0.794. The van der Waals surface area contributed by atoms with Crippen molar-refractivity contribution in [3.63, 3.8) is 0 Å². The smallest absolute Gasteiger partial charge is 0.131 e. The van der Waals surface area contributed by atoms with Gasteiger partial charge in [0.1, 0.15) is 11.6 Å². The summed E-state index contributed by atoms with van der Waals surface area (Å²) in [5.74, 6) is -0.928. The minimum absolute atomic E-state index is 0.161. The standard InChI is InChI=1S/C11H13F2NS/c1-7-5-6-14-11(15-7)10-8(12)3-2-4-9(10)13/h2-4,7,11,14H,5-6H2,1H3. The summed E-state index contributed by atoms with van der Waals surface area (Å²) in [6.45, 7) is 2.89. The molecule has 0 radical (unpaired) electrons. The van der Waals surface area contributed by atoms with E-state index in [1.807, 2.05) is 0 Å². The van der Waals surface area contributed by atoms with Gasteiger partial charge >= 0.3 is 0 Å². The van der Waals surface area contributed by atoms with Gasteiger partial charge in [-0.15, -0.1) is 11.8 Å². The summed E-state index contributed by atoms with van der Waals surface area (Å²) in [7, 11) is 0. The summed E-state index contributed by atoms with van der Waals surface area (Å²) in [5.41, 5.74) is 0.161. The van der Waals surface area contributed by atoms with E-state index in [2.05, 4.69) is 12.2 Å². The van der Waals surface area contributed by atoms with Crippen LogP contribution >= 0.6 is 11.8 Å². The molecule has 1 nitrogen and oxygen atoms in total. The zero-order chi connectivity index (χ0) is 10.8. The van der Waals surface area contributed by atoms with Crippen molar-refractivity contribution in [3.8, 4) is 0 Å². The van der Waals surface area contributed by atoms with Gasteiger partial charge in [-0.3, -0.25) is 0 Å². The fourth-order valence-electron chi connectivity index (χ4n) is 1.70. The number of hydrogen-bond acceptors (Lipinski definition) is 2. The Morgan fingerprint density at radius 2 is 2.00 bits per heavy atom. The van der Waals surface area contributed by atoms with Crippen molar-refractivity contribution >= 4 is 11.8 Å². The van der Waals surface area contributed by atoms with Crippen LogP contribution in [-0.2, 0) is 0 Å². The van der Waals surface area contributed by atoms with Crippen molar-refractivity contribution in [1.29, 1.82) is 0 Å². The van der Waals surface area contributed by atoms with Gasteiger partial charge in [-0.1, -0.05) is 13.0 Å². The molecular weight excluding hydrogens is 216 g/mol. The van der Waals surface area contributed by atoms with Crippen LogP contribution in [-0.4, -0.2) is 11.8 Å². The second kappa shape index (κ2) is 4.49. The Kier molecular flexibility index (Phi) is 3.26. The molecular formula is C11H13F2NS. The summed E-state index contributed by atoms with van der Waals surface area (Å²) in [6, 6.07) is 4.00. The van der Waals surface area contributed by atoms with Gasteiger partial charge in [-0.05, 0) is 25.1 Å². The maximum atomic E-state index is 13.5. The van der Waals surface area contributed by atoms with Gasteiger partial charge in [0.2, 0.25) is 0 Å². The second-order valence-electron chi connectivity index (χ2n) is 3.70. The number of thioether (sulfide) groups is 1. The van der Waals surface area contributed by atoms with Crippen molar-refractivity contribution in [2.45, 2.75) is 24.0 Å². The molecule has 1 aliphatic heterocycles. The molecule has 2 rings (SSSR count). The maximum absolute atomic E-state index is 13.5. The molecule has 0 amide bonds. The first-order valence-corrected chi connectivity index (χ1v) is 5.95. The fraction of sp³-hybridized carbons (Fsp3) is 0.455. The predicted octanol–water partition coefficient (Wildman–Crippen LogP) is 3.08. The van der Waals surface area contributed by atoms with Gasteiger partial charge in [0.05, 0.1) is 10.9 Å². The molecule has 0 saturated carbocycles. The van der Waals surface area contributed by atoms with E-state index in [9.17, 15) is 8.78 Å². The van der Waals surface area contributed by atoms with E-state index in [-0.39, 0.29) is 10.9 Å². The van der Waals surface area contributed by atoms with Crippen LogP contribution in [0, 0.1) is 11.6 Å². The van der Waals surface area contributed by atoms with Crippen LogP contribution in [0.2, 0.25) is 0 Å². The molecule has 1 N–H and O–H groups in total. The molecule has 1 heterocycles. The van der Waals surface area contributed by atoms with Crippen LogP contribution in [0.3, 0.4) is 0 Å². The zero-order valence-corrected chi connectivity index (χ0v) is 9.28. The van der Waals surface area contributed by atoms with Crippen LogP contribution < -0.4 is 5.32 Å². The molecule has 2 unspecified atom stereocenters. The summed E-state index contributed by atoms with van der Waals surface area (Å²) >= 11 is 1.58. The lowest BCUT2D eigenvalue weighted by Gasteiger charge is -2.28. The number of nitrogens with one attached hydrogen (secondary N) is 1. The molecule has 1 aromatic carbocycles. The maximum Gasteiger partial charge on any atom is 0.131 e. The second-order valence-corrected chi connectivity index (χ2v) is 5.25. The Morgan fingerprint density at radius 3 is 2.60 bits per heavy atom. The van der Waals surface area contributed by atoms with E-state index in [0.717, 1.165) is 13.0 Å². The van der Waals surface area contributed by atoms with Crippen LogP contribution in [0.1, 0.15) is 24.3 Å². The molecule has 0 aliphatic carbocycles. The molecule has 4 heteroatoms. The highest BCUT2D eigenvalue weighted by Crippen LogP contribution is 2.36. The average molecular weight is 229 g/mol. The predicted molar refractivity (Wildman–Crippen MR) is 58.8 cm³/mol. The summed E-state index contributed by atoms with van der Waals surface area (Å²) < 4.78 is 26.9. The van der Waals surface area contributed by atoms with Gasteiger partial charge in [-0.2, -0.15) is 0 Å². The molecule has 2 atom stereocenters. The van der Waals surface area contributed by atoms with Crippen LogP contribution in [0.5, 0.6) is 0 Å². The Labute approximate surface area is 92.3 Å². The van der Waals surface area contributed by atoms with E-state index in [4.69, 9.17) is 0 Å². The topological polar surface area (TPSA) is 12.0 Å². The van der Waals surface area contributed by atoms with E-state index in [1.165, 1.54) is 18.2 Å². The lowest BCUT2D eigenvalue weighted by atomic mass is 10.2. The molecule has 82 valence electrons. The van der Waals surface area contributed by atoms with Crippen LogP contribution in [0.25, 0.3) is 0 Å². The van der Waals surface area contributed by atoms with Gasteiger partial charge < -0.3 is 5.32 Å². The monoisotopic (exact) mass is 229 g/mol. The Balaban J connectivity index is 2.28. The molecule has 1 saturated heterocycles. The number of hydrogen-bond donors (Lipinski definition) is 1. The van der Waals surface area contributed by atoms with Gasteiger partial charge in [-0.25, -0.2) is 8.78 Å². The molecule has 1 aliphatic rings.